The number of hydrogen-bond acceptors (Lipinski definition) is 2. The van der Waals surface area contributed by atoms with E-state index in [1.54, 1.807) is 37.3 Å². The van der Waals surface area contributed by atoms with Gasteiger partial charge < -0.3 is 5.11 Å². The van der Waals surface area contributed by atoms with Crippen LogP contribution in [0.3, 0.4) is 0 Å². The number of benzene rings is 1. The van der Waals surface area contributed by atoms with Crippen molar-refractivity contribution in [2.24, 2.45) is 0 Å². The van der Waals surface area contributed by atoms with Gasteiger partial charge in [0, 0.05) is 5.02 Å². The fraction of sp³-hybridized carbons (Fsp3) is 0.167. The molecule has 1 heterocycles. The number of halogens is 2. The SMILES string of the molecule is CC(O)(c1ccc(Cl)cc1)c1sccc1Cl. The van der Waals surface area contributed by atoms with E-state index in [4.69, 9.17) is 23.2 Å². The highest BCUT2D eigenvalue weighted by Gasteiger charge is 2.29. The average Bonchev–Trinajstić information content (AvgIpc) is 2.66. The van der Waals surface area contributed by atoms with Crippen molar-refractivity contribution < 1.29 is 5.11 Å². The molecule has 4 heteroatoms. The van der Waals surface area contributed by atoms with Crippen LogP contribution < -0.4 is 0 Å². The molecule has 1 aromatic heterocycles. The van der Waals surface area contributed by atoms with Crippen molar-refractivity contribution in [1.82, 2.24) is 0 Å². The first-order valence-electron chi connectivity index (χ1n) is 4.73. The van der Waals surface area contributed by atoms with Crippen LogP contribution in [0.15, 0.2) is 35.7 Å². The molecule has 0 saturated heterocycles. The van der Waals surface area contributed by atoms with Crippen molar-refractivity contribution in [2.75, 3.05) is 0 Å². The lowest BCUT2D eigenvalue weighted by atomic mass is 9.94. The average molecular weight is 273 g/mol. The van der Waals surface area contributed by atoms with Crippen molar-refractivity contribution in [2.45, 2.75) is 12.5 Å². The van der Waals surface area contributed by atoms with Gasteiger partial charge in [0.25, 0.3) is 0 Å². The minimum absolute atomic E-state index is 0.588. The maximum atomic E-state index is 10.5. The molecule has 84 valence electrons. The molecule has 2 rings (SSSR count). The van der Waals surface area contributed by atoms with Gasteiger partial charge in [-0.15, -0.1) is 11.3 Å². The molecule has 0 radical (unpaired) electrons. The molecule has 0 aliphatic carbocycles. The zero-order valence-electron chi connectivity index (χ0n) is 8.58. The first-order chi connectivity index (χ1) is 7.51. The molecule has 1 atom stereocenters. The molecular formula is C12H10Cl2OS. The maximum Gasteiger partial charge on any atom is 0.122 e. The van der Waals surface area contributed by atoms with Gasteiger partial charge >= 0.3 is 0 Å². The van der Waals surface area contributed by atoms with Crippen LogP contribution in [-0.2, 0) is 5.60 Å². The molecule has 0 aliphatic rings. The normalized spacial score (nSPS) is 14.8. The van der Waals surface area contributed by atoms with E-state index >= 15 is 0 Å². The van der Waals surface area contributed by atoms with Gasteiger partial charge in [-0.05, 0) is 36.1 Å². The van der Waals surface area contributed by atoms with Gasteiger partial charge in [0.1, 0.15) is 5.60 Å². The Morgan fingerprint density at radius 1 is 1.12 bits per heavy atom. The lowest BCUT2D eigenvalue weighted by molar-refractivity contribution is 0.106. The fourth-order valence-corrected chi connectivity index (χ4v) is 3.00. The Bertz CT molecular complexity index is 488. The van der Waals surface area contributed by atoms with Crippen molar-refractivity contribution in [3.63, 3.8) is 0 Å². The molecule has 0 amide bonds. The van der Waals surface area contributed by atoms with E-state index in [2.05, 4.69) is 0 Å². The van der Waals surface area contributed by atoms with Crippen LogP contribution in [0.5, 0.6) is 0 Å². The van der Waals surface area contributed by atoms with Crippen LogP contribution in [0.2, 0.25) is 10.0 Å². The van der Waals surface area contributed by atoms with Crippen LogP contribution in [-0.4, -0.2) is 5.11 Å². The van der Waals surface area contributed by atoms with Crippen LogP contribution in [0, 0.1) is 0 Å². The van der Waals surface area contributed by atoms with E-state index in [1.807, 2.05) is 5.38 Å². The molecule has 1 nitrogen and oxygen atoms in total. The van der Waals surface area contributed by atoms with Gasteiger partial charge in [0.05, 0.1) is 9.90 Å². The van der Waals surface area contributed by atoms with Gasteiger partial charge in [-0.2, -0.15) is 0 Å². The Morgan fingerprint density at radius 2 is 1.75 bits per heavy atom. The summed E-state index contributed by atoms with van der Waals surface area (Å²) in [5, 5.41) is 13.6. The van der Waals surface area contributed by atoms with Crippen LogP contribution in [0.1, 0.15) is 17.4 Å². The summed E-state index contributed by atoms with van der Waals surface area (Å²) >= 11 is 13.3. The third-order valence-electron chi connectivity index (χ3n) is 2.47. The molecule has 0 bridgehead atoms. The molecule has 0 spiro atoms. The van der Waals surface area contributed by atoms with Crippen molar-refractivity contribution in [3.05, 3.63) is 56.2 Å². The van der Waals surface area contributed by atoms with Crippen molar-refractivity contribution in [1.29, 1.82) is 0 Å². The third-order valence-corrected chi connectivity index (χ3v) is 4.27. The zero-order chi connectivity index (χ0) is 11.8. The van der Waals surface area contributed by atoms with Gasteiger partial charge in [0.2, 0.25) is 0 Å². The van der Waals surface area contributed by atoms with E-state index in [0.717, 1.165) is 10.4 Å². The molecule has 0 saturated carbocycles. The molecular weight excluding hydrogens is 263 g/mol. The standard InChI is InChI=1S/C12H10Cl2OS/c1-12(15,11-10(14)6-7-16-11)8-2-4-9(13)5-3-8/h2-7,15H,1H3. The van der Waals surface area contributed by atoms with E-state index in [9.17, 15) is 5.11 Å². The number of aliphatic hydroxyl groups is 1. The molecule has 0 aliphatic heterocycles. The van der Waals surface area contributed by atoms with Crippen molar-refractivity contribution >= 4 is 34.5 Å². The second kappa shape index (κ2) is 4.38. The lowest BCUT2D eigenvalue weighted by Gasteiger charge is -2.23. The highest BCUT2D eigenvalue weighted by Crippen LogP contribution is 2.37. The monoisotopic (exact) mass is 272 g/mol. The van der Waals surface area contributed by atoms with Gasteiger partial charge in [-0.1, -0.05) is 35.3 Å². The Labute approximate surface area is 108 Å². The number of thiophene rings is 1. The highest BCUT2D eigenvalue weighted by atomic mass is 35.5. The zero-order valence-corrected chi connectivity index (χ0v) is 10.9. The minimum atomic E-state index is -1.07. The van der Waals surface area contributed by atoms with Crippen LogP contribution in [0.4, 0.5) is 0 Å². The van der Waals surface area contributed by atoms with Crippen molar-refractivity contribution in [3.8, 4) is 0 Å². The molecule has 1 unspecified atom stereocenters. The summed E-state index contributed by atoms with van der Waals surface area (Å²) < 4.78 is 0. The predicted molar refractivity (Wildman–Crippen MR) is 69.5 cm³/mol. The summed E-state index contributed by atoms with van der Waals surface area (Å²) in [6.07, 6.45) is 0. The third kappa shape index (κ3) is 2.11. The highest BCUT2D eigenvalue weighted by molar-refractivity contribution is 7.10. The van der Waals surface area contributed by atoms with Gasteiger partial charge in [0.15, 0.2) is 0 Å². The predicted octanol–water partition coefficient (Wildman–Crippen LogP) is 4.31. The summed E-state index contributed by atoms with van der Waals surface area (Å²) in [7, 11) is 0. The number of rotatable bonds is 2. The summed E-state index contributed by atoms with van der Waals surface area (Å²) in [5.41, 5.74) is -0.295. The first kappa shape index (κ1) is 11.9. The van der Waals surface area contributed by atoms with E-state index in [1.165, 1.54) is 11.3 Å². The number of hydrogen-bond donors (Lipinski definition) is 1. The van der Waals surface area contributed by atoms with Gasteiger partial charge in [-0.25, -0.2) is 0 Å². The summed E-state index contributed by atoms with van der Waals surface area (Å²) in [6.45, 7) is 1.73. The molecule has 2 aromatic rings. The minimum Gasteiger partial charge on any atom is -0.380 e. The maximum absolute atomic E-state index is 10.5. The molecule has 16 heavy (non-hydrogen) atoms. The first-order valence-corrected chi connectivity index (χ1v) is 6.37. The Hall–Kier alpha value is -0.540. The second-order valence-electron chi connectivity index (χ2n) is 3.68. The topological polar surface area (TPSA) is 20.2 Å². The molecule has 1 aromatic carbocycles. The smallest absolute Gasteiger partial charge is 0.122 e. The Kier molecular flexibility index (Phi) is 3.27. The summed E-state index contributed by atoms with van der Waals surface area (Å²) in [6, 6.07) is 8.91. The van der Waals surface area contributed by atoms with Gasteiger partial charge in [-0.3, -0.25) is 0 Å². The Morgan fingerprint density at radius 3 is 2.25 bits per heavy atom. The summed E-state index contributed by atoms with van der Waals surface area (Å²) in [5.74, 6) is 0. The largest absolute Gasteiger partial charge is 0.380 e. The quantitative estimate of drug-likeness (QED) is 0.864. The lowest BCUT2D eigenvalue weighted by Crippen LogP contribution is -2.21. The Balaban J connectivity index is 2.46. The van der Waals surface area contributed by atoms with E-state index in [-0.39, 0.29) is 0 Å². The molecule has 0 fully saturated rings. The fourth-order valence-electron chi connectivity index (χ4n) is 1.55. The summed E-state index contributed by atoms with van der Waals surface area (Å²) in [4.78, 5) is 0.747. The van der Waals surface area contributed by atoms with Crippen LogP contribution in [0.25, 0.3) is 0 Å². The van der Waals surface area contributed by atoms with E-state index < -0.39 is 5.60 Å². The molecule has 1 N–H and O–H groups in total. The second-order valence-corrected chi connectivity index (χ2v) is 5.44. The van der Waals surface area contributed by atoms with Crippen LogP contribution >= 0.6 is 34.5 Å². The van der Waals surface area contributed by atoms with E-state index in [0.29, 0.717) is 10.0 Å².